The molecule has 0 aliphatic heterocycles. The molecule has 0 bridgehead atoms. The van der Waals surface area contributed by atoms with Crippen LogP contribution in [0.4, 0.5) is 5.69 Å². The van der Waals surface area contributed by atoms with Crippen LogP contribution in [0.15, 0.2) is 12.1 Å². The van der Waals surface area contributed by atoms with Crippen LogP contribution in [0, 0.1) is 6.92 Å². The first-order valence-electron chi connectivity index (χ1n) is 4.12. The van der Waals surface area contributed by atoms with Gasteiger partial charge in [0.05, 0.1) is 5.69 Å². The van der Waals surface area contributed by atoms with Crippen molar-refractivity contribution in [2.75, 3.05) is 5.73 Å². The molecule has 0 spiro atoms. The summed E-state index contributed by atoms with van der Waals surface area (Å²) in [6, 6.07) is 3.86. The van der Waals surface area contributed by atoms with Crippen molar-refractivity contribution in [2.24, 2.45) is 0 Å². The van der Waals surface area contributed by atoms with Gasteiger partial charge in [-0.05, 0) is 24.0 Å². The molecule has 1 rings (SSSR count). The third-order valence-electron chi connectivity index (χ3n) is 2.09. The zero-order valence-electron chi connectivity index (χ0n) is 8.16. The number of hydrogen-bond donors (Lipinski definition) is 2. The molecule has 0 saturated heterocycles. The number of aromatic hydroxyl groups is 1. The molecule has 2 nitrogen and oxygen atoms in total. The van der Waals surface area contributed by atoms with Crippen LogP contribution in [-0.4, -0.2) is 5.11 Å². The maximum absolute atomic E-state index is 9.62. The molecule has 0 atom stereocenters. The summed E-state index contributed by atoms with van der Waals surface area (Å²) >= 11 is 0. The normalized spacial score (nSPS) is 9.85. The molecule has 1 aromatic rings. The van der Waals surface area contributed by atoms with Crippen LogP contribution < -0.4 is 5.73 Å². The van der Waals surface area contributed by atoms with Gasteiger partial charge in [0, 0.05) is 0 Å². The Morgan fingerprint density at radius 3 is 2.31 bits per heavy atom. The number of nitrogen functional groups attached to an aromatic ring is 1. The molecular formula is C10H16ClNO. The van der Waals surface area contributed by atoms with E-state index < -0.39 is 0 Å². The molecule has 0 aliphatic carbocycles. The summed E-state index contributed by atoms with van der Waals surface area (Å²) in [7, 11) is 0. The van der Waals surface area contributed by atoms with Gasteiger partial charge in [0.15, 0.2) is 0 Å². The highest BCUT2D eigenvalue weighted by molar-refractivity contribution is 5.85. The third-order valence-corrected chi connectivity index (χ3v) is 2.09. The Kier molecular flexibility index (Phi) is 4.08. The van der Waals surface area contributed by atoms with E-state index in [1.54, 1.807) is 0 Å². The predicted octanol–water partition coefficient (Wildman–Crippen LogP) is 2.83. The van der Waals surface area contributed by atoms with E-state index >= 15 is 0 Å². The van der Waals surface area contributed by atoms with Crippen molar-refractivity contribution in [3.8, 4) is 5.75 Å². The van der Waals surface area contributed by atoms with Gasteiger partial charge < -0.3 is 10.8 Å². The second-order valence-corrected chi connectivity index (χ2v) is 3.39. The zero-order chi connectivity index (χ0) is 9.30. The van der Waals surface area contributed by atoms with E-state index in [0.717, 1.165) is 11.1 Å². The SMILES string of the molecule is Cc1ccc(C(C)C)c(O)c1N.Cl. The van der Waals surface area contributed by atoms with Crippen LogP contribution in [0.3, 0.4) is 0 Å². The molecular weight excluding hydrogens is 186 g/mol. The smallest absolute Gasteiger partial charge is 0.142 e. The number of aryl methyl sites for hydroxylation is 1. The largest absolute Gasteiger partial charge is 0.505 e. The first-order chi connectivity index (χ1) is 5.54. The van der Waals surface area contributed by atoms with Crippen molar-refractivity contribution in [3.63, 3.8) is 0 Å². The van der Waals surface area contributed by atoms with E-state index in [2.05, 4.69) is 0 Å². The molecule has 0 aromatic heterocycles. The molecule has 74 valence electrons. The fraction of sp³-hybridized carbons (Fsp3) is 0.400. The van der Waals surface area contributed by atoms with E-state index in [-0.39, 0.29) is 18.2 Å². The first-order valence-corrected chi connectivity index (χ1v) is 4.12. The highest BCUT2D eigenvalue weighted by Gasteiger charge is 2.09. The minimum atomic E-state index is 0. The molecule has 0 amide bonds. The molecule has 13 heavy (non-hydrogen) atoms. The molecule has 3 heteroatoms. The molecule has 0 saturated carbocycles. The fourth-order valence-corrected chi connectivity index (χ4v) is 1.19. The molecule has 0 heterocycles. The molecule has 0 aliphatic rings. The van der Waals surface area contributed by atoms with Crippen LogP contribution in [0.5, 0.6) is 5.75 Å². The second kappa shape index (κ2) is 4.38. The summed E-state index contributed by atoms with van der Waals surface area (Å²) in [4.78, 5) is 0. The standard InChI is InChI=1S/C10H15NO.ClH/c1-6(2)8-5-4-7(3)9(11)10(8)12;/h4-6,12H,11H2,1-3H3;1H. The molecule has 0 unspecified atom stereocenters. The molecule has 3 N–H and O–H groups in total. The van der Waals surface area contributed by atoms with E-state index in [0.29, 0.717) is 11.6 Å². The number of rotatable bonds is 1. The molecule has 1 aromatic carbocycles. The third kappa shape index (κ3) is 2.28. The van der Waals surface area contributed by atoms with Crippen molar-refractivity contribution < 1.29 is 5.11 Å². The lowest BCUT2D eigenvalue weighted by molar-refractivity contribution is 0.467. The minimum absolute atomic E-state index is 0. The van der Waals surface area contributed by atoms with Crippen LogP contribution in [0.2, 0.25) is 0 Å². The van der Waals surface area contributed by atoms with Gasteiger partial charge in [-0.1, -0.05) is 26.0 Å². The zero-order valence-corrected chi connectivity index (χ0v) is 8.98. The lowest BCUT2D eigenvalue weighted by Crippen LogP contribution is -1.95. The fourth-order valence-electron chi connectivity index (χ4n) is 1.19. The van der Waals surface area contributed by atoms with Gasteiger partial charge in [-0.15, -0.1) is 12.4 Å². The lowest BCUT2D eigenvalue weighted by Gasteiger charge is -2.11. The van der Waals surface area contributed by atoms with Gasteiger partial charge in [-0.25, -0.2) is 0 Å². The van der Waals surface area contributed by atoms with E-state index in [9.17, 15) is 5.11 Å². The Bertz CT molecular complexity index is 297. The number of benzene rings is 1. The summed E-state index contributed by atoms with van der Waals surface area (Å²) in [5.41, 5.74) is 8.01. The monoisotopic (exact) mass is 201 g/mol. The van der Waals surface area contributed by atoms with Gasteiger partial charge in [0.2, 0.25) is 0 Å². The first kappa shape index (κ1) is 12.1. The van der Waals surface area contributed by atoms with Crippen molar-refractivity contribution in [1.29, 1.82) is 0 Å². The Labute approximate surface area is 85.2 Å². The van der Waals surface area contributed by atoms with E-state index in [1.165, 1.54) is 0 Å². The predicted molar refractivity (Wildman–Crippen MR) is 58.6 cm³/mol. The average molecular weight is 202 g/mol. The summed E-state index contributed by atoms with van der Waals surface area (Å²) in [5, 5.41) is 9.62. The number of phenols is 1. The Morgan fingerprint density at radius 2 is 1.85 bits per heavy atom. The number of nitrogens with two attached hydrogens (primary N) is 1. The van der Waals surface area contributed by atoms with Crippen molar-refractivity contribution in [2.45, 2.75) is 26.7 Å². The maximum atomic E-state index is 9.62. The number of phenolic OH excluding ortho intramolecular Hbond substituents is 1. The minimum Gasteiger partial charge on any atom is -0.505 e. The van der Waals surface area contributed by atoms with Crippen LogP contribution in [0.1, 0.15) is 30.9 Å². The van der Waals surface area contributed by atoms with Crippen LogP contribution in [0.25, 0.3) is 0 Å². The summed E-state index contributed by atoms with van der Waals surface area (Å²) < 4.78 is 0. The van der Waals surface area contributed by atoms with E-state index in [1.807, 2.05) is 32.9 Å². The Morgan fingerprint density at radius 1 is 1.31 bits per heavy atom. The second-order valence-electron chi connectivity index (χ2n) is 3.39. The Balaban J connectivity index is 0.00000144. The number of hydrogen-bond acceptors (Lipinski definition) is 2. The van der Waals surface area contributed by atoms with Crippen LogP contribution in [-0.2, 0) is 0 Å². The summed E-state index contributed by atoms with van der Waals surface area (Å²) in [6.07, 6.45) is 0. The average Bonchev–Trinajstić information content (AvgIpc) is 2.00. The summed E-state index contributed by atoms with van der Waals surface area (Å²) in [5.74, 6) is 0.554. The number of halogens is 1. The maximum Gasteiger partial charge on any atom is 0.142 e. The van der Waals surface area contributed by atoms with Gasteiger partial charge in [-0.3, -0.25) is 0 Å². The van der Waals surface area contributed by atoms with Gasteiger partial charge >= 0.3 is 0 Å². The quantitative estimate of drug-likeness (QED) is 0.542. The van der Waals surface area contributed by atoms with Crippen molar-refractivity contribution >= 4 is 18.1 Å². The van der Waals surface area contributed by atoms with Gasteiger partial charge in [0.1, 0.15) is 5.75 Å². The van der Waals surface area contributed by atoms with Gasteiger partial charge in [0.25, 0.3) is 0 Å². The molecule has 0 fully saturated rings. The summed E-state index contributed by atoms with van der Waals surface area (Å²) in [6.45, 7) is 5.95. The molecule has 0 radical (unpaired) electrons. The van der Waals surface area contributed by atoms with Crippen molar-refractivity contribution in [3.05, 3.63) is 23.3 Å². The highest BCUT2D eigenvalue weighted by atomic mass is 35.5. The van der Waals surface area contributed by atoms with Crippen LogP contribution >= 0.6 is 12.4 Å². The highest BCUT2D eigenvalue weighted by Crippen LogP contribution is 2.32. The Hall–Kier alpha value is -0.890. The van der Waals surface area contributed by atoms with Crippen molar-refractivity contribution in [1.82, 2.24) is 0 Å². The van der Waals surface area contributed by atoms with E-state index in [4.69, 9.17) is 5.73 Å². The number of anilines is 1. The lowest BCUT2D eigenvalue weighted by atomic mass is 9.99. The topological polar surface area (TPSA) is 46.2 Å². The van der Waals surface area contributed by atoms with Gasteiger partial charge in [-0.2, -0.15) is 0 Å².